The molecule has 3 N–H and O–H groups in total. The van der Waals surface area contributed by atoms with Crippen LogP contribution in [0.2, 0.25) is 0 Å². The first-order valence-electron chi connectivity index (χ1n) is 4.38. The molecule has 1 aromatic rings. The Bertz CT molecular complexity index is 229. The fourth-order valence-electron chi connectivity index (χ4n) is 1.46. The summed E-state index contributed by atoms with van der Waals surface area (Å²) < 4.78 is 5.00. The van der Waals surface area contributed by atoms with Crippen LogP contribution in [0.25, 0.3) is 0 Å². The van der Waals surface area contributed by atoms with Gasteiger partial charge in [0.15, 0.2) is 0 Å². The molecule has 1 aliphatic carbocycles. The van der Waals surface area contributed by atoms with Crippen LogP contribution in [0.1, 0.15) is 30.9 Å². The molecule has 1 aromatic heterocycles. The van der Waals surface area contributed by atoms with Crippen LogP contribution < -0.4 is 11.3 Å². The lowest BCUT2D eigenvalue weighted by atomic mass is 10.1. The van der Waals surface area contributed by atoms with Gasteiger partial charge in [0.1, 0.15) is 0 Å². The first-order chi connectivity index (χ1) is 5.90. The van der Waals surface area contributed by atoms with Crippen LogP contribution >= 0.6 is 0 Å². The van der Waals surface area contributed by atoms with Crippen molar-refractivity contribution in [3.8, 4) is 0 Å². The highest BCUT2D eigenvalue weighted by atomic mass is 16.3. The summed E-state index contributed by atoms with van der Waals surface area (Å²) in [5.41, 5.74) is 3.97. The molecule has 66 valence electrons. The lowest BCUT2D eigenvalue weighted by Crippen LogP contribution is -2.28. The summed E-state index contributed by atoms with van der Waals surface area (Å²) in [6.07, 6.45) is 7.29. The number of nitrogens with one attached hydrogen (secondary N) is 1. The minimum Gasteiger partial charge on any atom is -0.472 e. The molecule has 1 heterocycles. The van der Waals surface area contributed by atoms with Crippen LogP contribution in [0.3, 0.4) is 0 Å². The van der Waals surface area contributed by atoms with E-state index in [0.717, 1.165) is 17.9 Å². The molecular formula is C9H14N2O. The minimum atomic E-state index is 0.274. The van der Waals surface area contributed by atoms with E-state index < -0.39 is 0 Å². The molecule has 1 atom stereocenters. The molecule has 1 fully saturated rings. The first-order valence-corrected chi connectivity index (χ1v) is 4.38. The van der Waals surface area contributed by atoms with E-state index in [0.29, 0.717) is 0 Å². The molecule has 1 aliphatic rings. The Morgan fingerprint density at radius 2 is 2.50 bits per heavy atom. The van der Waals surface area contributed by atoms with Crippen LogP contribution in [-0.2, 0) is 0 Å². The number of hydrazine groups is 1. The van der Waals surface area contributed by atoms with Gasteiger partial charge in [0.05, 0.1) is 12.5 Å². The Morgan fingerprint density at radius 3 is 3.00 bits per heavy atom. The van der Waals surface area contributed by atoms with Crippen LogP contribution in [-0.4, -0.2) is 0 Å². The van der Waals surface area contributed by atoms with Gasteiger partial charge < -0.3 is 4.42 Å². The summed E-state index contributed by atoms with van der Waals surface area (Å²) in [4.78, 5) is 0. The van der Waals surface area contributed by atoms with Gasteiger partial charge in [-0.3, -0.25) is 11.3 Å². The molecule has 0 saturated heterocycles. The van der Waals surface area contributed by atoms with Crippen molar-refractivity contribution in [2.45, 2.75) is 25.3 Å². The van der Waals surface area contributed by atoms with E-state index in [9.17, 15) is 0 Å². The van der Waals surface area contributed by atoms with Crippen molar-refractivity contribution in [3.63, 3.8) is 0 Å². The third-order valence-corrected chi connectivity index (χ3v) is 2.41. The number of hydrogen-bond donors (Lipinski definition) is 2. The number of hydrogen-bond acceptors (Lipinski definition) is 3. The molecule has 1 saturated carbocycles. The van der Waals surface area contributed by atoms with Gasteiger partial charge in [0, 0.05) is 11.6 Å². The maximum Gasteiger partial charge on any atom is 0.0950 e. The van der Waals surface area contributed by atoms with E-state index in [4.69, 9.17) is 10.3 Å². The monoisotopic (exact) mass is 166 g/mol. The third kappa shape index (κ3) is 1.68. The minimum absolute atomic E-state index is 0.274. The molecular weight excluding hydrogens is 152 g/mol. The zero-order valence-electron chi connectivity index (χ0n) is 6.99. The number of rotatable bonds is 4. The van der Waals surface area contributed by atoms with Crippen LogP contribution in [0, 0.1) is 5.92 Å². The fourth-order valence-corrected chi connectivity index (χ4v) is 1.46. The topological polar surface area (TPSA) is 51.2 Å². The summed E-state index contributed by atoms with van der Waals surface area (Å²) in [7, 11) is 0. The Kier molecular flexibility index (Phi) is 2.15. The molecule has 12 heavy (non-hydrogen) atoms. The SMILES string of the molecule is NNC(CC1CC1)c1ccoc1. The molecule has 0 radical (unpaired) electrons. The van der Waals surface area contributed by atoms with Crippen molar-refractivity contribution in [3.05, 3.63) is 24.2 Å². The average Bonchev–Trinajstić information content (AvgIpc) is 2.74. The molecule has 0 aromatic carbocycles. The lowest BCUT2D eigenvalue weighted by Gasteiger charge is -2.12. The van der Waals surface area contributed by atoms with Crippen molar-refractivity contribution < 1.29 is 4.42 Å². The maximum atomic E-state index is 5.45. The molecule has 0 bridgehead atoms. The summed E-state index contributed by atoms with van der Waals surface area (Å²) in [5, 5.41) is 0. The summed E-state index contributed by atoms with van der Waals surface area (Å²) in [5.74, 6) is 6.32. The van der Waals surface area contributed by atoms with Crippen molar-refractivity contribution in [2.24, 2.45) is 11.8 Å². The van der Waals surface area contributed by atoms with Crippen LogP contribution in [0.5, 0.6) is 0 Å². The van der Waals surface area contributed by atoms with Crippen LogP contribution in [0.4, 0.5) is 0 Å². The standard InChI is InChI=1S/C9H14N2O/c10-11-9(5-7-1-2-7)8-3-4-12-6-8/h3-4,6-7,9,11H,1-2,5,10H2. The summed E-state index contributed by atoms with van der Waals surface area (Å²) in [6.45, 7) is 0. The van der Waals surface area contributed by atoms with Gasteiger partial charge >= 0.3 is 0 Å². The van der Waals surface area contributed by atoms with Crippen molar-refractivity contribution in [1.82, 2.24) is 5.43 Å². The molecule has 1 unspecified atom stereocenters. The maximum absolute atomic E-state index is 5.45. The second-order valence-corrected chi connectivity index (χ2v) is 3.46. The predicted molar refractivity (Wildman–Crippen MR) is 46.1 cm³/mol. The smallest absolute Gasteiger partial charge is 0.0950 e. The predicted octanol–water partition coefficient (Wildman–Crippen LogP) is 1.58. The molecule has 0 spiro atoms. The fraction of sp³-hybridized carbons (Fsp3) is 0.556. The highest BCUT2D eigenvalue weighted by Gasteiger charge is 2.25. The van der Waals surface area contributed by atoms with Crippen molar-refractivity contribution in [2.75, 3.05) is 0 Å². The third-order valence-electron chi connectivity index (χ3n) is 2.41. The Labute approximate surface area is 71.9 Å². The quantitative estimate of drug-likeness (QED) is 0.527. The van der Waals surface area contributed by atoms with Crippen molar-refractivity contribution in [1.29, 1.82) is 0 Å². The first kappa shape index (κ1) is 7.83. The lowest BCUT2D eigenvalue weighted by molar-refractivity contribution is 0.477. The molecule has 3 nitrogen and oxygen atoms in total. The van der Waals surface area contributed by atoms with E-state index in [2.05, 4.69) is 5.43 Å². The Morgan fingerprint density at radius 1 is 1.67 bits per heavy atom. The average molecular weight is 166 g/mol. The van der Waals surface area contributed by atoms with Gasteiger partial charge in [-0.1, -0.05) is 12.8 Å². The summed E-state index contributed by atoms with van der Waals surface area (Å²) >= 11 is 0. The zero-order valence-corrected chi connectivity index (χ0v) is 6.99. The molecule has 0 amide bonds. The van der Waals surface area contributed by atoms with Gasteiger partial charge in [-0.25, -0.2) is 0 Å². The van der Waals surface area contributed by atoms with E-state index in [1.54, 1.807) is 12.5 Å². The largest absolute Gasteiger partial charge is 0.472 e. The van der Waals surface area contributed by atoms with E-state index in [1.165, 1.54) is 12.8 Å². The molecule has 0 aliphatic heterocycles. The number of nitrogens with two attached hydrogens (primary N) is 1. The Balaban J connectivity index is 1.97. The van der Waals surface area contributed by atoms with E-state index in [1.807, 2.05) is 6.07 Å². The zero-order chi connectivity index (χ0) is 8.39. The van der Waals surface area contributed by atoms with Gasteiger partial charge in [-0.05, 0) is 18.4 Å². The van der Waals surface area contributed by atoms with Gasteiger partial charge in [-0.2, -0.15) is 0 Å². The van der Waals surface area contributed by atoms with Crippen molar-refractivity contribution >= 4 is 0 Å². The summed E-state index contributed by atoms with van der Waals surface area (Å²) in [6, 6.07) is 2.24. The second-order valence-electron chi connectivity index (χ2n) is 3.46. The van der Waals surface area contributed by atoms with E-state index >= 15 is 0 Å². The number of furan rings is 1. The Hall–Kier alpha value is -0.800. The van der Waals surface area contributed by atoms with Gasteiger partial charge in [0.2, 0.25) is 0 Å². The molecule has 3 heteroatoms. The second kappa shape index (κ2) is 3.29. The normalized spacial score (nSPS) is 19.4. The highest BCUT2D eigenvalue weighted by molar-refractivity contribution is 5.11. The van der Waals surface area contributed by atoms with Gasteiger partial charge in [0.25, 0.3) is 0 Å². The van der Waals surface area contributed by atoms with E-state index in [-0.39, 0.29) is 6.04 Å². The highest BCUT2D eigenvalue weighted by Crippen LogP contribution is 2.37. The van der Waals surface area contributed by atoms with Gasteiger partial charge in [-0.15, -0.1) is 0 Å². The molecule has 2 rings (SSSR count). The van der Waals surface area contributed by atoms with Crippen LogP contribution in [0.15, 0.2) is 23.0 Å².